The summed E-state index contributed by atoms with van der Waals surface area (Å²) in [6.45, 7) is 2.49. The van der Waals surface area contributed by atoms with Crippen molar-refractivity contribution in [3.8, 4) is 0 Å². The number of hydrogen-bond acceptors (Lipinski definition) is 6. The molecule has 11 heteroatoms. The lowest BCUT2D eigenvalue weighted by atomic mass is 10.1. The zero-order valence-corrected chi connectivity index (χ0v) is 17.0. The van der Waals surface area contributed by atoms with Gasteiger partial charge in [-0.05, 0) is 31.2 Å². The number of nitro benzene ring substituents is 1. The summed E-state index contributed by atoms with van der Waals surface area (Å²) in [5.41, 5.74) is -0.213. The molecule has 0 bridgehead atoms. The number of benzene rings is 2. The van der Waals surface area contributed by atoms with E-state index < -0.39 is 32.5 Å². The molecule has 0 radical (unpaired) electrons. The van der Waals surface area contributed by atoms with Crippen LogP contribution in [0, 0.1) is 15.9 Å². The molecule has 1 N–H and O–H groups in total. The quantitative estimate of drug-likeness (QED) is 0.540. The van der Waals surface area contributed by atoms with Crippen molar-refractivity contribution in [2.24, 2.45) is 0 Å². The second kappa shape index (κ2) is 8.62. The second-order valence-corrected chi connectivity index (χ2v) is 8.80. The van der Waals surface area contributed by atoms with Crippen molar-refractivity contribution in [2.45, 2.75) is 17.9 Å². The number of morpholine rings is 1. The molecule has 0 aromatic heterocycles. The number of nitrogens with one attached hydrogen (secondary N) is 1. The van der Waals surface area contributed by atoms with Gasteiger partial charge in [0.2, 0.25) is 10.0 Å². The number of anilines is 1. The Morgan fingerprint density at radius 3 is 2.59 bits per heavy atom. The molecular formula is C18H19ClFN3O5S. The number of rotatable bonds is 6. The van der Waals surface area contributed by atoms with Gasteiger partial charge in [0.05, 0.1) is 29.1 Å². The molecule has 8 nitrogen and oxygen atoms in total. The Hall–Kier alpha value is -2.27. The SMILES string of the molecule is CC(Nc1ccc(S(=O)(=O)N2CCOCC2)cc1[N+](=O)[O-])c1c(F)cccc1Cl. The zero-order valence-electron chi connectivity index (χ0n) is 15.5. The van der Waals surface area contributed by atoms with Gasteiger partial charge in [0.25, 0.3) is 5.69 Å². The number of halogens is 2. The number of nitro groups is 1. The van der Waals surface area contributed by atoms with E-state index in [1.165, 1.54) is 34.6 Å². The van der Waals surface area contributed by atoms with Crippen LogP contribution in [0.4, 0.5) is 15.8 Å². The normalized spacial score (nSPS) is 16.4. The predicted octanol–water partition coefficient (Wildman–Crippen LogP) is 3.58. The largest absolute Gasteiger partial charge is 0.379 e. The lowest BCUT2D eigenvalue weighted by molar-refractivity contribution is -0.384. The fourth-order valence-electron chi connectivity index (χ4n) is 3.11. The first-order valence-electron chi connectivity index (χ1n) is 8.78. The molecule has 29 heavy (non-hydrogen) atoms. The van der Waals surface area contributed by atoms with Crippen LogP contribution < -0.4 is 5.32 Å². The molecule has 1 saturated heterocycles. The Balaban J connectivity index is 1.94. The van der Waals surface area contributed by atoms with E-state index in [2.05, 4.69) is 5.32 Å². The first-order chi connectivity index (χ1) is 13.7. The molecule has 156 valence electrons. The summed E-state index contributed by atoms with van der Waals surface area (Å²) in [6.07, 6.45) is 0. The summed E-state index contributed by atoms with van der Waals surface area (Å²) in [4.78, 5) is 10.7. The van der Waals surface area contributed by atoms with Crippen LogP contribution in [0.5, 0.6) is 0 Å². The predicted molar refractivity (Wildman–Crippen MR) is 106 cm³/mol. The van der Waals surface area contributed by atoms with Gasteiger partial charge in [-0.1, -0.05) is 17.7 Å². The maximum atomic E-state index is 14.1. The molecule has 1 aliphatic heterocycles. The Morgan fingerprint density at radius 2 is 1.97 bits per heavy atom. The third kappa shape index (κ3) is 4.50. The van der Waals surface area contributed by atoms with E-state index in [9.17, 15) is 22.9 Å². The van der Waals surface area contributed by atoms with Gasteiger partial charge >= 0.3 is 0 Å². The molecule has 1 unspecified atom stereocenters. The average molecular weight is 444 g/mol. The summed E-state index contributed by atoms with van der Waals surface area (Å²) in [6, 6.07) is 7.12. The van der Waals surface area contributed by atoms with Crippen molar-refractivity contribution in [1.82, 2.24) is 4.31 Å². The van der Waals surface area contributed by atoms with Gasteiger partial charge in [0.1, 0.15) is 11.5 Å². The van der Waals surface area contributed by atoms with Crippen LogP contribution in [0.2, 0.25) is 5.02 Å². The molecule has 2 aromatic rings. The number of nitrogens with zero attached hydrogens (tertiary/aromatic N) is 2. The molecule has 0 spiro atoms. The van der Waals surface area contributed by atoms with Crippen LogP contribution in [0.15, 0.2) is 41.3 Å². The van der Waals surface area contributed by atoms with Crippen molar-refractivity contribution in [3.63, 3.8) is 0 Å². The highest BCUT2D eigenvalue weighted by Gasteiger charge is 2.29. The fourth-order valence-corrected chi connectivity index (χ4v) is 4.87. The summed E-state index contributed by atoms with van der Waals surface area (Å²) in [5.74, 6) is -0.549. The summed E-state index contributed by atoms with van der Waals surface area (Å²) in [5, 5.41) is 14.6. The second-order valence-electron chi connectivity index (χ2n) is 6.45. The molecule has 1 aliphatic rings. The lowest BCUT2D eigenvalue weighted by Gasteiger charge is -2.26. The van der Waals surface area contributed by atoms with E-state index in [4.69, 9.17) is 16.3 Å². The Morgan fingerprint density at radius 1 is 1.28 bits per heavy atom. The maximum absolute atomic E-state index is 14.1. The van der Waals surface area contributed by atoms with Crippen LogP contribution in [0.1, 0.15) is 18.5 Å². The minimum Gasteiger partial charge on any atom is -0.379 e. The van der Waals surface area contributed by atoms with Crippen molar-refractivity contribution >= 4 is 33.0 Å². The summed E-state index contributed by atoms with van der Waals surface area (Å²) >= 11 is 6.06. The molecule has 1 fully saturated rings. The van der Waals surface area contributed by atoms with Crippen molar-refractivity contribution in [2.75, 3.05) is 31.6 Å². The maximum Gasteiger partial charge on any atom is 0.293 e. The highest BCUT2D eigenvalue weighted by atomic mass is 35.5. The monoisotopic (exact) mass is 443 g/mol. The Bertz CT molecular complexity index is 1010. The molecule has 0 saturated carbocycles. The van der Waals surface area contributed by atoms with Gasteiger partial charge in [-0.15, -0.1) is 0 Å². The molecule has 0 amide bonds. The molecule has 1 heterocycles. The number of hydrogen-bond donors (Lipinski definition) is 1. The van der Waals surface area contributed by atoms with E-state index in [1.54, 1.807) is 6.92 Å². The van der Waals surface area contributed by atoms with E-state index in [1.807, 2.05) is 0 Å². The average Bonchev–Trinajstić information content (AvgIpc) is 2.68. The van der Waals surface area contributed by atoms with Gasteiger partial charge < -0.3 is 10.1 Å². The van der Waals surface area contributed by atoms with Gasteiger partial charge in [0.15, 0.2) is 0 Å². The van der Waals surface area contributed by atoms with Crippen LogP contribution in [-0.2, 0) is 14.8 Å². The Kier molecular flexibility index (Phi) is 6.37. The first-order valence-corrected chi connectivity index (χ1v) is 10.6. The van der Waals surface area contributed by atoms with Crippen LogP contribution in [0.3, 0.4) is 0 Å². The molecule has 1 atom stereocenters. The summed E-state index contributed by atoms with van der Waals surface area (Å²) in [7, 11) is -3.89. The molecular weight excluding hydrogens is 425 g/mol. The minimum absolute atomic E-state index is 0.0581. The topological polar surface area (TPSA) is 102 Å². The Labute approximate surface area is 172 Å². The van der Waals surface area contributed by atoms with Crippen molar-refractivity contribution in [1.29, 1.82) is 0 Å². The first kappa shape index (κ1) is 21.4. The molecule has 2 aromatic carbocycles. The third-order valence-corrected chi connectivity index (χ3v) is 6.80. The minimum atomic E-state index is -3.89. The number of sulfonamides is 1. The standard InChI is InChI=1S/C18H19ClFN3O5S/c1-12(18-14(19)3-2-4-15(18)20)21-16-6-5-13(11-17(16)23(24)25)29(26,27)22-7-9-28-10-8-22/h2-6,11-12,21H,7-10H2,1H3. The lowest BCUT2D eigenvalue weighted by Crippen LogP contribution is -2.40. The number of ether oxygens (including phenoxy) is 1. The zero-order chi connectivity index (χ0) is 21.2. The van der Waals surface area contributed by atoms with Gasteiger partial charge in [0, 0.05) is 29.7 Å². The van der Waals surface area contributed by atoms with Crippen molar-refractivity contribution < 1.29 is 22.5 Å². The van der Waals surface area contributed by atoms with E-state index in [0.717, 1.165) is 6.07 Å². The highest BCUT2D eigenvalue weighted by Crippen LogP contribution is 2.34. The van der Waals surface area contributed by atoms with Crippen LogP contribution in [-0.4, -0.2) is 43.9 Å². The highest BCUT2D eigenvalue weighted by molar-refractivity contribution is 7.89. The molecule has 3 rings (SSSR count). The van der Waals surface area contributed by atoms with E-state index >= 15 is 0 Å². The van der Waals surface area contributed by atoms with Gasteiger partial charge in [-0.25, -0.2) is 12.8 Å². The third-order valence-electron chi connectivity index (χ3n) is 4.58. The summed E-state index contributed by atoms with van der Waals surface area (Å²) < 4.78 is 46.0. The van der Waals surface area contributed by atoms with Crippen molar-refractivity contribution in [3.05, 3.63) is 62.9 Å². The van der Waals surface area contributed by atoms with Crippen LogP contribution >= 0.6 is 11.6 Å². The van der Waals surface area contributed by atoms with Crippen LogP contribution in [0.25, 0.3) is 0 Å². The van der Waals surface area contributed by atoms with Gasteiger partial charge in [-0.3, -0.25) is 10.1 Å². The van der Waals surface area contributed by atoms with Gasteiger partial charge in [-0.2, -0.15) is 4.31 Å². The van der Waals surface area contributed by atoms with E-state index in [-0.39, 0.29) is 47.5 Å². The fraction of sp³-hybridized carbons (Fsp3) is 0.333. The van der Waals surface area contributed by atoms with E-state index in [0.29, 0.717) is 0 Å². The smallest absolute Gasteiger partial charge is 0.293 e. The molecule has 0 aliphatic carbocycles.